The fraction of sp³-hybridized carbons (Fsp3) is 0.375. The van der Waals surface area contributed by atoms with E-state index in [0.29, 0.717) is 16.5 Å². The Morgan fingerprint density at radius 1 is 1.21 bits per heavy atom. The first-order valence-corrected chi connectivity index (χ1v) is 11.6. The third-order valence-electron chi connectivity index (χ3n) is 6.79. The molecular formula is C24H28Cl2N3O5+. The molecule has 0 spiro atoms. The first-order valence-electron chi connectivity index (χ1n) is 10.9. The number of benzene rings is 2. The second-order valence-electron chi connectivity index (χ2n) is 8.33. The molecule has 3 amide bonds. The summed E-state index contributed by atoms with van der Waals surface area (Å²) in [5, 5.41) is 3.35. The van der Waals surface area contributed by atoms with E-state index in [9.17, 15) is 14.4 Å². The Balaban J connectivity index is 2.04. The number of hydrogen-bond donors (Lipinski definition) is 2. The van der Waals surface area contributed by atoms with Crippen LogP contribution in [-0.4, -0.2) is 37.1 Å². The Hall–Kier alpha value is -2.81. The number of urea groups is 1. The standard InChI is InChI=1S/C24H27Cl2N3O5/c1-3-24(22(31)28-15-16-9-10-20(33-2)19(25)13-16)14-17(21(30)34-26)11-12-29(24,23(27)32)18-7-5-4-6-8-18/h4-10,13,17H,3,11-12,14-15H2,1-2H3,(H2-,27,28,31,32)/p+1. The molecule has 8 nitrogen and oxygen atoms in total. The van der Waals surface area contributed by atoms with Crippen LogP contribution in [0.2, 0.25) is 5.02 Å². The van der Waals surface area contributed by atoms with Gasteiger partial charge in [-0.3, -0.25) is 9.59 Å². The maximum atomic E-state index is 13.9. The lowest BCUT2D eigenvalue weighted by molar-refractivity contribution is -0.145. The molecule has 0 bridgehead atoms. The van der Waals surface area contributed by atoms with Crippen molar-refractivity contribution < 1.29 is 23.4 Å². The summed E-state index contributed by atoms with van der Waals surface area (Å²) in [6, 6.07) is 13.4. The van der Waals surface area contributed by atoms with E-state index >= 15 is 0 Å². The highest BCUT2D eigenvalue weighted by atomic mass is 35.5. The van der Waals surface area contributed by atoms with Crippen molar-refractivity contribution in [2.24, 2.45) is 11.7 Å². The number of carbonyl (C=O) groups excluding carboxylic acids is 3. The Kier molecular flexibility index (Phi) is 8.07. The quantitative estimate of drug-likeness (QED) is 0.541. The summed E-state index contributed by atoms with van der Waals surface area (Å²) in [4.78, 5) is 39.4. The van der Waals surface area contributed by atoms with Crippen molar-refractivity contribution in [3.63, 3.8) is 0 Å². The zero-order chi connectivity index (χ0) is 24.9. The predicted molar refractivity (Wildman–Crippen MR) is 130 cm³/mol. The fourth-order valence-corrected chi connectivity index (χ4v) is 5.41. The van der Waals surface area contributed by atoms with Gasteiger partial charge in [0.1, 0.15) is 23.3 Å². The zero-order valence-corrected chi connectivity index (χ0v) is 20.6. The number of primary amides is 1. The van der Waals surface area contributed by atoms with E-state index < -0.39 is 33.8 Å². The Labute approximate surface area is 208 Å². The average molecular weight is 509 g/mol. The highest BCUT2D eigenvalue weighted by Crippen LogP contribution is 2.45. The second kappa shape index (κ2) is 10.6. The van der Waals surface area contributed by atoms with E-state index in [-0.39, 0.29) is 32.4 Å². The van der Waals surface area contributed by atoms with Crippen molar-refractivity contribution in [3.8, 4) is 5.75 Å². The number of para-hydroxylation sites is 1. The number of nitrogens with one attached hydrogen (secondary N) is 1. The third-order valence-corrected chi connectivity index (χ3v) is 7.23. The van der Waals surface area contributed by atoms with Crippen LogP contribution in [0.4, 0.5) is 10.5 Å². The molecule has 0 radical (unpaired) electrons. The molecular weight excluding hydrogens is 481 g/mol. The molecule has 0 aromatic heterocycles. The fourth-order valence-electron chi connectivity index (χ4n) is 5.01. The van der Waals surface area contributed by atoms with Crippen molar-refractivity contribution in [1.29, 1.82) is 0 Å². The van der Waals surface area contributed by atoms with Crippen LogP contribution in [-0.2, 0) is 20.4 Å². The van der Waals surface area contributed by atoms with E-state index in [1.54, 1.807) is 49.4 Å². The van der Waals surface area contributed by atoms with E-state index in [2.05, 4.69) is 9.61 Å². The van der Waals surface area contributed by atoms with Crippen LogP contribution in [0.25, 0.3) is 0 Å². The molecule has 1 aliphatic rings. The maximum Gasteiger partial charge on any atom is 0.419 e. The van der Waals surface area contributed by atoms with Crippen molar-refractivity contribution in [1.82, 2.24) is 9.80 Å². The highest BCUT2D eigenvalue weighted by Gasteiger charge is 2.64. The van der Waals surface area contributed by atoms with Crippen LogP contribution < -0.4 is 20.3 Å². The number of methoxy groups -OCH3 is 1. The largest absolute Gasteiger partial charge is 0.495 e. The lowest BCUT2D eigenvalue weighted by Gasteiger charge is -2.52. The van der Waals surface area contributed by atoms with Gasteiger partial charge in [0, 0.05) is 25.8 Å². The number of likely N-dealkylation sites (tertiary alicyclic amines) is 1. The highest BCUT2D eigenvalue weighted by molar-refractivity contribution is 6.32. The van der Waals surface area contributed by atoms with Crippen molar-refractivity contribution in [2.45, 2.75) is 38.3 Å². The van der Waals surface area contributed by atoms with E-state index in [0.717, 1.165) is 5.56 Å². The van der Waals surface area contributed by atoms with Crippen LogP contribution in [0, 0.1) is 5.92 Å². The topological polar surface area (TPSA) is 108 Å². The summed E-state index contributed by atoms with van der Waals surface area (Å²) in [5.74, 6) is -1.18. The van der Waals surface area contributed by atoms with Gasteiger partial charge >= 0.3 is 12.0 Å². The van der Waals surface area contributed by atoms with E-state index in [4.69, 9.17) is 33.9 Å². The summed E-state index contributed by atoms with van der Waals surface area (Å²) >= 11 is 11.6. The molecule has 1 aliphatic heterocycles. The minimum absolute atomic E-state index is 0.0437. The summed E-state index contributed by atoms with van der Waals surface area (Å²) in [6.45, 7) is 2.10. The van der Waals surface area contributed by atoms with E-state index in [1.165, 1.54) is 7.11 Å². The number of rotatable bonds is 7. The monoisotopic (exact) mass is 508 g/mol. The maximum absolute atomic E-state index is 13.9. The van der Waals surface area contributed by atoms with Gasteiger partial charge in [-0.05, 0) is 29.8 Å². The minimum Gasteiger partial charge on any atom is -0.495 e. The molecule has 2 aromatic rings. The Morgan fingerprint density at radius 2 is 1.91 bits per heavy atom. The summed E-state index contributed by atoms with van der Waals surface area (Å²) in [6.07, 6.45) is 0.570. The molecule has 3 atom stereocenters. The van der Waals surface area contributed by atoms with E-state index in [1.807, 2.05) is 6.07 Å². The SMILES string of the molecule is CCC1(C(=O)NCc2ccc(OC)c(Cl)c2)CC(C(=O)OCl)CC[N+]1(C(N)=O)c1ccccc1. The molecule has 3 unspecified atom stereocenters. The van der Waals surface area contributed by atoms with Crippen LogP contribution >= 0.6 is 23.5 Å². The summed E-state index contributed by atoms with van der Waals surface area (Å²) < 4.78 is 9.22. The molecule has 1 heterocycles. The number of hydrogen-bond acceptors (Lipinski definition) is 5. The molecule has 1 fully saturated rings. The number of piperidine rings is 1. The molecule has 3 N–H and O–H groups in total. The number of nitrogens with two attached hydrogens (primary N) is 1. The van der Waals surface area contributed by atoms with Crippen molar-refractivity contribution in [2.75, 3.05) is 13.7 Å². The van der Waals surface area contributed by atoms with Crippen molar-refractivity contribution >= 4 is 47.1 Å². The molecule has 0 aliphatic carbocycles. The lowest BCUT2D eigenvalue weighted by Crippen LogP contribution is -2.78. The van der Waals surface area contributed by atoms with Gasteiger partial charge in [-0.15, -0.1) is 0 Å². The lowest BCUT2D eigenvalue weighted by atomic mass is 9.74. The first-order chi connectivity index (χ1) is 16.3. The van der Waals surface area contributed by atoms with Gasteiger partial charge in [-0.25, -0.2) is 4.79 Å². The zero-order valence-electron chi connectivity index (χ0n) is 19.1. The smallest absolute Gasteiger partial charge is 0.419 e. The normalized spacial score (nSPS) is 24.2. The van der Waals surface area contributed by atoms with Gasteiger partial charge in [0.25, 0.3) is 5.91 Å². The summed E-state index contributed by atoms with van der Waals surface area (Å²) in [5.41, 5.74) is 5.98. The Morgan fingerprint density at radius 3 is 2.47 bits per heavy atom. The van der Waals surface area contributed by atoms with Crippen molar-refractivity contribution in [3.05, 3.63) is 59.1 Å². The average Bonchev–Trinajstić information content (AvgIpc) is 2.86. The second-order valence-corrected chi connectivity index (χ2v) is 8.89. The van der Waals surface area contributed by atoms with Gasteiger partial charge in [-0.1, -0.05) is 42.8 Å². The molecule has 34 heavy (non-hydrogen) atoms. The van der Waals surface area contributed by atoms with Crippen LogP contribution in [0.15, 0.2) is 48.5 Å². The molecule has 1 saturated heterocycles. The number of ether oxygens (including phenoxy) is 1. The van der Waals surface area contributed by atoms with Gasteiger partial charge in [0.2, 0.25) is 0 Å². The molecule has 2 aromatic carbocycles. The molecule has 10 heteroatoms. The van der Waals surface area contributed by atoms with Gasteiger partial charge in [0.15, 0.2) is 5.54 Å². The number of carbonyl (C=O) groups is 3. The minimum atomic E-state index is -1.36. The number of quaternary nitrogens is 1. The van der Waals surface area contributed by atoms with Crippen LogP contribution in [0.1, 0.15) is 31.7 Å². The number of nitrogens with zero attached hydrogens (tertiary/aromatic N) is 1. The van der Waals surface area contributed by atoms with Gasteiger partial charge in [0.05, 0.1) is 24.6 Å². The van der Waals surface area contributed by atoms with Crippen LogP contribution in [0.5, 0.6) is 5.75 Å². The van der Waals surface area contributed by atoms with Gasteiger partial charge in [-0.2, -0.15) is 4.48 Å². The third kappa shape index (κ3) is 4.45. The molecule has 3 rings (SSSR count). The molecule has 182 valence electrons. The van der Waals surface area contributed by atoms with Crippen LogP contribution in [0.3, 0.4) is 0 Å². The number of amides is 3. The Bertz CT molecular complexity index is 1070. The molecule has 0 saturated carbocycles. The number of halogens is 2. The predicted octanol–water partition coefficient (Wildman–Crippen LogP) is 4.31. The van der Waals surface area contributed by atoms with Gasteiger partial charge < -0.3 is 20.1 Å². The summed E-state index contributed by atoms with van der Waals surface area (Å²) in [7, 11) is 1.52. The first kappa shape index (κ1) is 25.8.